The van der Waals surface area contributed by atoms with Crippen LogP contribution in [0.3, 0.4) is 0 Å². The van der Waals surface area contributed by atoms with Crippen LogP contribution in [0.15, 0.2) is 42.5 Å². The second-order valence-corrected chi connectivity index (χ2v) is 10.3. The third-order valence-corrected chi connectivity index (χ3v) is 7.81. The quantitative estimate of drug-likeness (QED) is 0.227. The molecule has 0 saturated carbocycles. The van der Waals surface area contributed by atoms with Gasteiger partial charge in [0.15, 0.2) is 0 Å². The average Bonchev–Trinajstić information content (AvgIpc) is 3.38. The summed E-state index contributed by atoms with van der Waals surface area (Å²) < 4.78 is 0. The number of hydrogen-bond acceptors (Lipinski definition) is 3. The van der Waals surface area contributed by atoms with Gasteiger partial charge in [-0.2, -0.15) is 0 Å². The summed E-state index contributed by atoms with van der Waals surface area (Å²) in [5.74, 6) is 0. The standard InChI is InChI=1S/C26H35NS2/c1-3-5-7-9-11-21-14-17-25(28-21)23-16-13-20(27)19-24(23)26-18-15-22(29-26)12-10-8-6-4-2/h13-19H,3-12,27H2,1-2H3. The lowest BCUT2D eigenvalue weighted by Gasteiger charge is -2.08. The Morgan fingerprint density at radius 1 is 0.621 bits per heavy atom. The first-order chi connectivity index (χ1) is 14.2. The van der Waals surface area contributed by atoms with Crippen molar-refractivity contribution >= 4 is 28.4 Å². The SMILES string of the molecule is CCCCCCc1ccc(-c2ccc(N)cc2-c2ccc(CCCCCC)s2)s1. The van der Waals surface area contributed by atoms with E-state index in [1.54, 1.807) is 0 Å². The van der Waals surface area contributed by atoms with Gasteiger partial charge in [0.2, 0.25) is 0 Å². The Labute approximate surface area is 185 Å². The van der Waals surface area contributed by atoms with E-state index in [9.17, 15) is 0 Å². The van der Waals surface area contributed by atoms with Crippen LogP contribution < -0.4 is 5.73 Å². The number of thiophene rings is 2. The number of unbranched alkanes of at least 4 members (excludes halogenated alkanes) is 6. The zero-order valence-corrected chi connectivity index (χ0v) is 19.6. The Morgan fingerprint density at radius 3 is 1.72 bits per heavy atom. The number of hydrogen-bond donors (Lipinski definition) is 1. The number of benzene rings is 1. The molecule has 29 heavy (non-hydrogen) atoms. The number of aryl methyl sites for hydroxylation is 2. The van der Waals surface area contributed by atoms with Crippen molar-refractivity contribution in [2.75, 3.05) is 5.73 Å². The zero-order chi connectivity index (χ0) is 20.5. The molecule has 3 rings (SSSR count). The van der Waals surface area contributed by atoms with Crippen LogP contribution in [0.25, 0.3) is 20.9 Å². The van der Waals surface area contributed by atoms with E-state index in [0.29, 0.717) is 0 Å². The highest BCUT2D eigenvalue weighted by Gasteiger charge is 2.13. The van der Waals surface area contributed by atoms with E-state index in [1.807, 2.05) is 28.7 Å². The molecule has 0 radical (unpaired) electrons. The van der Waals surface area contributed by atoms with Crippen molar-refractivity contribution in [3.8, 4) is 20.9 Å². The highest BCUT2D eigenvalue weighted by atomic mass is 32.1. The minimum atomic E-state index is 0.845. The van der Waals surface area contributed by atoms with Gasteiger partial charge in [0.1, 0.15) is 0 Å². The molecule has 0 atom stereocenters. The van der Waals surface area contributed by atoms with E-state index in [0.717, 1.165) is 5.69 Å². The van der Waals surface area contributed by atoms with Gasteiger partial charge in [0.05, 0.1) is 0 Å². The van der Waals surface area contributed by atoms with Crippen molar-refractivity contribution in [3.63, 3.8) is 0 Å². The molecule has 1 aromatic carbocycles. The van der Waals surface area contributed by atoms with Gasteiger partial charge in [-0.15, -0.1) is 22.7 Å². The van der Waals surface area contributed by atoms with E-state index in [1.165, 1.54) is 94.8 Å². The zero-order valence-electron chi connectivity index (χ0n) is 18.0. The molecule has 0 fully saturated rings. The van der Waals surface area contributed by atoms with E-state index < -0.39 is 0 Å². The molecule has 0 spiro atoms. The highest BCUT2D eigenvalue weighted by Crippen LogP contribution is 2.40. The minimum absolute atomic E-state index is 0.845. The first-order valence-corrected chi connectivity index (χ1v) is 12.9. The third kappa shape index (κ3) is 6.45. The van der Waals surface area contributed by atoms with E-state index >= 15 is 0 Å². The molecule has 3 aromatic rings. The molecule has 0 amide bonds. The fraction of sp³-hybridized carbons (Fsp3) is 0.462. The van der Waals surface area contributed by atoms with Crippen LogP contribution in [0.1, 0.15) is 75.0 Å². The van der Waals surface area contributed by atoms with Gasteiger partial charge in [-0.25, -0.2) is 0 Å². The predicted molar refractivity (Wildman–Crippen MR) is 133 cm³/mol. The first-order valence-electron chi connectivity index (χ1n) is 11.3. The summed E-state index contributed by atoms with van der Waals surface area (Å²) in [6, 6.07) is 15.6. The van der Waals surface area contributed by atoms with Crippen molar-refractivity contribution < 1.29 is 0 Å². The van der Waals surface area contributed by atoms with E-state index in [4.69, 9.17) is 5.73 Å². The molecule has 2 N–H and O–H groups in total. The summed E-state index contributed by atoms with van der Waals surface area (Å²) in [5.41, 5.74) is 9.62. The van der Waals surface area contributed by atoms with Crippen molar-refractivity contribution in [3.05, 3.63) is 52.2 Å². The average molecular weight is 426 g/mol. The Bertz CT molecular complexity index is 874. The van der Waals surface area contributed by atoms with Crippen LogP contribution in [0.4, 0.5) is 5.69 Å². The lowest BCUT2D eigenvalue weighted by Crippen LogP contribution is -1.87. The smallest absolute Gasteiger partial charge is 0.0352 e. The number of anilines is 1. The van der Waals surface area contributed by atoms with Crippen molar-refractivity contribution in [2.24, 2.45) is 0 Å². The van der Waals surface area contributed by atoms with Crippen LogP contribution in [-0.4, -0.2) is 0 Å². The molecule has 0 bridgehead atoms. The fourth-order valence-corrected chi connectivity index (χ4v) is 5.92. The van der Waals surface area contributed by atoms with Gasteiger partial charge in [-0.05, 0) is 62.1 Å². The van der Waals surface area contributed by atoms with Crippen LogP contribution in [0.2, 0.25) is 0 Å². The van der Waals surface area contributed by atoms with Gasteiger partial charge in [0.25, 0.3) is 0 Å². The maximum absolute atomic E-state index is 6.17. The second kappa shape index (κ2) is 11.6. The molecule has 1 nitrogen and oxygen atoms in total. The van der Waals surface area contributed by atoms with Crippen LogP contribution >= 0.6 is 22.7 Å². The van der Waals surface area contributed by atoms with Crippen LogP contribution in [-0.2, 0) is 12.8 Å². The van der Waals surface area contributed by atoms with Crippen molar-refractivity contribution in [2.45, 2.75) is 78.1 Å². The Kier molecular flexibility index (Phi) is 8.82. The van der Waals surface area contributed by atoms with Crippen LogP contribution in [0, 0.1) is 0 Å². The summed E-state index contributed by atoms with van der Waals surface area (Å²) in [7, 11) is 0. The van der Waals surface area contributed by atoms with Gasteiger partial charge in [-0.3, -0.25) is 0 Å². The van der Waals surface area contributed by atoms with Crippen LogP contribution in [0.5, 0.6) is 0 Å². The number of rotatable bonds is 12. The predicted octanol–water partition coefficient (Wildman–Crippen LogP) is 8.97. The summed E-state index contributed by atoms with van der Waals surface area (Å²) in [6.45, 7) is 4.54. The molecule has 2 heterocycles. The van der Waals surface area contributed by atoms with E-state index in [2.05, 4.69) is 50.2 Å². The van der Waals surface area contributed by atoms with Gasteiger partial charge in [-0.1, -0.05) is 58.4 Å². The molecule has 3 heteroatoms. The Hall–Kier alpha value is -1.58. The molecular formula is C26H35NS2. The van der Waals surface area contributed by atoms with Crippen molar-refractivity contribution in [1.29, 1.82) is 0 Å². The molecule has 0 saturated heterocycles. The Balaban J connectivity index is 1.75. The Morgan fingerprint density at radius 2 is 1.17 bits per heavy atom. The third-order valence-electron chi connectivity index (χ3n) is 5.45. The molecular weight excluding hydrogens is 390 g/mol. The first kappa shape index (κ1) is 22.1. The summed E-state index contributed by atoms with van der Waals surface area (Å²) in [5, 5.41) is 0. The molecule has 0 unspecified atom stereocenters. The maximum atomic E-state index is 6.17. The fourth-order valence-electron chi connectivity index (χ4n) is 3.75. The van der Waals surface area contributed by atoms with Gasteiger partial charge < -0.3 is 5.73 Å². The summed E-state index contributed by atoms with van der Waals surface area (Å²) >= 11 is 3.89. The molecule has 156 valence electrons. The summed E-state index contributed by atoms with van der Waals surface area (Å²) in [4.78, 5) is 5.70. The summed E-state index contributed by atoms with van der Waals surface area (Å²) in [6.07, 6.45) is 13.0. The largest absolute Gasteiger partial charge is 0.399 e. The number of nitrogen functional groups attached to an aromatic ring is 1. The lowest BCUT2D eigenvalue weighted by molar-refractivity contribution is 0.670. The molecule has 0 aliphatic heterocycles. The number of nitrogens with two attached hydrogens (primary N) is 1. The normalized spacial score (nSPS) is 11.2. The monoisotopic (exact) mass is 425 g/mol. The molecule has 0 aliphatic rings. The van der Waals surface area contributed by atoms with Gasteiger partial charge in [0, 0.05) is 36.3 Å². The topological polar surface area (TPSA) is 26.0 Å². The minimum Gasteiger partial charge on any atom is -0.399 e. The second-order valence-electron chi connectivity index (χ2n) is 7.96. The highest BCUT2D eigenvalue weighted by molar-refractivity contribution is 7.16. The van der Waals surface area contributed by atoms with E-state index in [-0.39, 0.29) is 0 Å². The maximum Gasteiger partial charge on any atom is 0.0352 e. The molecule has 0 aliphatic carbocycles. The van der Waals surface area contributed by atoms with Crippen molar-refractivity contribution in [1.82, 2.24) is 0 Å². The molecule has 2 aromatic heterocycles. The van der Waals surface area contributed by atoms with Gasteiger partial charge >= 0.3 is 0 Å². The lowest BCUT2D eigenvalue weighted by atomic mass is 10.0.